The van der Waals surface area contributed by atoms with Crippen molar-refractivity contribution in [3.63, 3.8) is 0 Å². The molecule has 0 bridgehead atoms. The van der Waals surface area contributed by atoms with Crippen molar-refractivity contribution in [2.45, 2.75) is 26.2 Å². The Morgan fingerprint density at radius 3 is 2.70 bits per heavy atom. The molecule has 2 aromatic heterocycles. The molecule has 0 radical (unpaired) electrons. The highest BCUT2D eigenvalue weighted by Crippen LogP contribution is 2.41. The number of ether oxygens (including phenoxy) is 2. The minimum Gasteiger partial charge on any atom is -0.462 e. The van der Waals surface area contributed by atoms with Crippen LogP contribution in [0.1, 0.15) is 19.6 Å². The summed E-state index contributed by atoms with van der Waals surface area (Å²) in [6.07, 6.45) is 4.89. The second-order valence-electron chi connectivity index (χ2n) is 6.74. The van der Waals surface area contributed by atoms with E-state index < -0.39 is 5.79 Å². The quantitative estimate of drug-likeness (QED) is 0.744. The lowest BCUT2D eigenvalue weighted by Crippen LogP contribution is -2.48. The van der Waals surface area contributed by atoms with Crippen molar-refractivity contribution in [3.05, 3.63) is 48.9 Å². The van der Waals surface area contributed by atoms with Crippen molar-refractivity contribution < 1.29 is 13.9 Å². The molecular formula is C17H19N3O3. The summed E-state index contributed by atoms with van der Waals surface area (Å²) in [6, 6.07) is 8.00. The largest absolute Gasteiger partial charge is 0.462 e. The number of benzene rings is 1. The molecule has 3 aromatic rings. The zero-order valence-electron chi connectivity index (χ0n) is 13.2. The molecule has 1 aromatic carbocycles. The summed E-state index contributed by atoms with van der Waals surface area (Å²) in [5.41, 5.74) is -0.0335. The number of nitrogens with zero attached hydrogens (tertiary/aromatic N) is 3. The normalized spacial score (nSPS) is 19.9. The molecule has 0 saturated carbocycles. The molecule has 0 spiro atoms. The van der Waals surface area contributed by atoms with Crippen molar-refractivity contribution in [3.8, 4) is 0 Å². The monoisotopic (exact) mass is 313 g/mol. The van der Waals surface area contributed by atoms with Crippen LogP contribution in [0.2, 0.25) is 0 Å². The highest BCUT2D eigenvalue weighted by atomic mass is 16.7. The van der Waals surface area contributed by atoms with Crippen LogP contribution in [0.4, 0.5) is 0 Å². The van der Waals surface area contributed by atoms with Crippen molar-refractivity contribution in [2.24, 2.45) is 5.41 Å². The smallest absolute Gasteiger partial charge is 0.249 e. The molecule has 0 atom stereocenters. The van der Waals surface area contributed by atoms with Gasteiger partial charge in [0.25, 0.3) is 0 Å². The van der Waals surface area contributed by atoms with Crippen LogP contribution in [0.15, 0.2) is 47.6 Å². The van der Waals surface area contributed by atoms with Gasteiger partial charge < -0.3 is 13.9 Å². The molecule has 4 rings (SSSR count). The third-order valence-corrected chi connectivity index (χ3v) is 4.08. The van der Waals surface area contributed by atoms with E-state index in [0.29, 0.717) is 25.5 Å². The molecule has 0 amide bonds. The van der Waals surface area contributed by atoms with E-state index in [0.717, 1.165) is 10.8 Å². The lowest BCUT2D eigenvalue weighted by Gasteiger charge is -2.42. The second kappa shape index (κ2) is 5.18. The summed E-state index contributed by atoms with van der Waals surface area (Å²) in [5.74, 6) is -0.314. The van der Waals surface area contributed by atoms with E-state index in [-0.39, 0.29) is 5.41 Å². The maximum absolute atomic E-state index is 6.20. The summed E-state index contributed by atoms with van der Waals surface area (Å²) in [4.78, 5) is 4.00. The SMILES string of the molecule is CC1(C)COC(Cn2cncn2)(c2occ3ccccc23)OC1. The van der Waals surface area contributed by atoms with Crippen LogP contribution in [0.25, 0.3) is 10.8 Å². The number of rotatable bonds is 3. The molecule has 1 aliphatic rings. The van der Waals surface area contributed by atoms with Crippen molar-refractivity contribution in [1.82, 2.24) is 14.8 Å². The molecule has 0 N–H and O–H groups in total. The third-order valence-electron chi connectivity index (χ3n) is 4.08. The van der Waals surface area contributed by atoms with E-state index in [9.17, 15) is 0 Å². The Morgan fingerprint density at radius 2 is 1.96 bits per heavy atom. The first kappa shape index (κ1) is 14.4. The van der Waals surface area contributed by atoms with E-state index >= 15 is 0 Å². The predicted octanol–water partition coefficient (Wildman–Crippen LogP) is 2.95. The van der Waals surface area contributed by atoms with E-state index in [4.69, 9.17) is 13.9 Å². The summed E-state index contributed by atoms with van der Waals surface area (Å²) in [7, 11) is 0. The van der Waals surface area contributed by atoms with Crippen molar-refractivity contribution in [1.29, 1.82) is 0 Å². The molecule has 23 heavy (non-hydrogen) atoms. The summed E-state index contributed by atoms with van der Waals surface area (Å²) in [5, 5.41) is 6.20. The van der Waals surface area contributed by atoms with Gasteiger partial charge in [0, 0.05) is 16.2 Å². The molecule has 1 aliphatic heterocycles. The summed E-state index contributed by atoms with van der Waals surface area (Å²) < 4.78 is 20.0. The molecule has 1 saturated heterocycles. The molecule has 1 fully saturated rings. The van der Waals surface area contributed by atoms with Gasteiger partial charge in [-0.3, -0.25) is 0 Å². The Bertz CT molecular complexity index is 797. The van der Waals surface area contributed by atoms with Crippen LogP contribution < -0.4 is 0 Å². The minimum absolute atomic E-state index is 0.0335. The topological polar surface area (TPSA) is 62.3 Å². The third kappa shape index (κ3) is 2.54. The van der Waals surface area contributed by atoms with Gasteiger partial charge in [0.15, 0.2) is 5.76 Å². The second-order valence-corrected chi connectivity index (χ2v) is 6.74. The highest BCUT2D eigenvalue weighted by molar-refractivity contribution is 5.84. The molecule has 6 nitrogen and oxygen atoms in total. The average molecular weight is 313 g/mol. The fourth-order valence-corrected chi connectivity index (χ4v) is 2.82. The molecule has 0 aliphatic carbocycles. The van der Waals surface area contributed by atoms with Crippen LogP contribution in [0, 0.1) is 5.41 Å². The Hall–Kier alpha value is -2.18. The van der Waals surface area contributed by atoms with Gasteiger partial charge in [-0.25, -0.2) is 9.67 Å². The fourth-order valence-electron chi connectivity index (χ4n) is 2.82. The number of furan rings is 1. The highest BCUT2D eigenvalue weighted by Gasteiger charge is 2.46. The van der Waals surface area contributed by atoms with Gasteiger partial charge in [0.1, 0.15) is 19.2 Å². The zero-order chi connectivity index (χ0) is 15.9. The number of fused-ring (bicyclic) bond motifs is 1. The number of hydrogen-bond acceptors (Lipinski definition) is 5. The van der Waals surface area contributed by atoms with Crippen LogP contribution in [-0.2, 0) is 21.8 Å². The van der Waals surface area contributed by atoms with Gasteiger partial charge in [0.2, 0.25) is 5.79 Å². The Balaban J connectivity index is 1.79. The first-order valence-corrected chi connectivity index (χ1v) is 7.65. The summed E-state index contributed by atoms with van der Waals surface area (Å²) >= 11 is 0. The van der Waals surface area contributed by atoms with Gasteiger partial charge >= 0.3 is 0 Å². The number of aromatic nitrogens is 3. The van der Waals surface area contributed by atoms with Gasteiger partial charge in [0.05, 0.1) is 19.5 Å². The van der Waals surface area contributed by atoms with Gasteiger partial charge in [-0.05, 0) is 0 Å². The lowest BCUT2D eigenvalue weighted by atomic mass is 9.94. The lowest BCUT2D eigenvalue weighted by molar-refractivity contribution is -0.321. The maximum Gasteiger partial charge on any atom is 0.249 e. The van der Waals surface area contributed by atoms with Crippen LogP contribution >= 0.6 is 0 Å². The minimum atomic E-state index is -0.994. The summed E-state index contributed by atoms with van der Waals surface area (Å²) in [6.45, 7) is 5.79. The van der Waals surface area contributed by atoms with Crippen molar-refractivity contribution in [2.75, 3.05) is 13.2 Å². The van der Waals surface area contributed by atoms with Crippen LogP contribution in [0.5, 0.6) is 0 Å². The molecule has 6 heteroatoms. The standard InChI is InChI=1S/C17H19N3O3/c1-16(2)9-22-17(23-10-16,8-20-12-18-11-19-20)15-14-6-4-3-5-13(14)7-21-15/h3-7,11-12H,8-10H2,1-2H3. The van der Waals surface area contributed by atoms with E-state index in [2.05, 4.69) is 23.9 Å². The Kier molecular flexibility index (Phi) is 3.25. The molecule has 0 unspecified atom stereocenters. The molecule has 3 heterocycles. The first-order chi connectivity index (χ1) is 11.1. The van der Waals surface area contributed by atoms with E-state index in [1.807, 2.05) is 24.3 Å². The van der Waals surface area contributed by atoms with Crippen LogP contribution in [0.3, 0.4) is 0 Å². The zero-order valence-corrected chi connectivity index (χ0v) is 13.2. The Morgan fingerprint density at radius 1 is 1.17 bits per heavy atom. The molecular weight excluding hydrogens is 294 g/mol. The van der Waals surface area contributed by atoms with Gasteiger partial charge in [-0.15, -0.1) is 0 Å². The van der Waals surface area contributed by atoms with Crippen molar-refractivity contribution >= 4 is 10.8 Å². The predicted molar refractivity (Wildman–Crippen MR) is 83.6 cm³/mol. The average Bonchev–Trinajstić information content (AvgIpc) is 3.19. The molecule has 120 valence electrons. The maximum atomic E-state index is 6.20. The van der Waals surface area contributed by atoms with Gasteiger partial charge in [-0.1, -0.05) is 38.1 Å². The van der Waals surface area contributed by atoms with Gasteiger partial charge in [-0.2, -0.15) is 5.10 Å². The number of hydrogen-bond donors (Lipinski definition) is 0. The Labute approximate surface area is 134 Å². The van der Waals surface area contributed by atoms with Crippen LogP contribution in [-0.4, -0.2) is 28.0 Å². The fraction of sp³-hybridized carbons (Fsp3) is 0.412. The van der Waals surface area contributed by atoms with E-state index in [1.165, 1.54) is 6.33 Å². The first-order valence-electron chi connectivity index (χ1n) is 7.65. The van der Waals surface area contributed by atoms with E-state index in [1.54, 1.807) is 17.3 Å².